The van der Waals surface area contributed by atoms with Crippen LogP contribution in [0.4, 0.5) is 0 Å². The van der Waals surface area contributed by atoms with Gasteiger partial charge in [0.15, 0.2) is 0 Å². The van der Waals surface area contributed by atoms with E-state index in [1.807, 2.05) is 0 Å². The van der Waals surface area contributed by atoms with Gasteiger partial charge in [-0.15, -0.1) is 0 Å². The van der Waals surface area contributed by atoms with Crippen LogP contribution in [0.2, 0.25) is 0 Å². The molecular formula is C16H21NO2. The van der Waals surface area contributed by atoms with E-state index in [0.717, 1.165) is 32.5 Å². The molecule has 1 N–H and O–H groups in total. The average molecular weight is 259 g/mol. The van der Waals surface area contributed by atoms with Crippen LogP contribution in [0, 0.1) is 5.92 Å². The highest BCUT2D eigenvalue weighted by Gasteiger charge is 2.29. The summed E-state index contributed by atoms with van der Waals surface area (Å²) in [6.45, 7) is 3.28. The zero-order valence-corrected chi connectivity index (χ0v) is 11.2. The number of rotatable bonds is 4. The number of hydrogen-bond acceptors (Lipinski definition) is 2. The predicted molar refractivity (Wildman–Crippen MR) is 74.3 cm³/mol. The van der Waals surface area contributed by atoms with Gasteiger partial charge in [-0.25, -0.2) is 0 Å². The summed E-state index contributed by atoms with van der Waals surface area (Å²) in [5, 5.41) is 8.82. The van der Waals surface area contributed by atoms with E-state index in [1.54, 1.807) is 0 Å². The molecule has 1 aliphatic carbocycles. The van der Waals surface area contributed by atoms with Crippen LogP contribution in [0.5, 0.6) is 0 Å². The molecule has 0 aromatic heterocycles. The molecule has 1 aromatic carbocycles. The highest BCUT2D eigenvalue weighted by molar-refractivity contribution is 5.67. The molecule has 19 heavy (non-hydrogen) atoms. The number of carboxylic acids is 1. The van der Waals surface area contributed by atoms with Gasteiger partial charge in [-0.3, -0.25) is 4.79 Å². The molecule has 1 aromatic rings. The van der Waals surface area contributed by atoms with Crippen molar-refractivity contribution in [3.8, 4) is 0 Å². The fraction of sp³-hybridized carbons (Fsp3) is 0.562. The third kappa shape index (κ3) is 2.81. The summed E-state index contributed by atoms with van der Waals surface area (Å²) in [5.74, 6) is 0.445. The first-order valence-corrected chi connectivity index (χ1v) is 7.24. The number of piperidine rings is 1. The lowest BCUT2D eigenvalue weighted by molar-refractivity contribution is -0.138. The Kier molecular flexibility index (Phi) is 3.56. The average Bonchev–Trinajstić information content (AvgIpc) is 2.37. The topological polar surface area (TPSA) is 40.5 Å². The Hall–Kier alpha value is -1.35. The second kappa shape index (κ2) is 5.33. The maximum absolute atomic E-state index is 10.7. The monoisotopic (exact) mass is 259 g/mol. The molecule has 1 aliphatic heterocycles. The Morgan fingerprint density at radius 3 is 2.68 bits per heavy atom. The SMILES string of the molecule is O=C(O)CC1CCN(CC2Cc3ccccc32)CC1. The minimum Gasteiger partial charge on any atom is -0.481 e. The van der Waals surface area contributed by atoms with Gasteiger partial charge in [0, 0.05) is 18.9 Å². The van der Waals surface area contributed by atoms with Crippen LogP contribution in [0.25, 0.3) is 0 Å². The number of hydrogen-bond donors (Lipinski definition) is 1. The summed E-state index contributed by atoms with van der Waals surface area (Å²) in [6.07, 6.45) is 3.65. The zero-order chi connectivity index (χ0) is 13.2. The van der Waals surface area contributed by atoms with Gasteiger partial charge in [-0.05, 0) is 49.4 Å². The van der Waals surface area contributed by atoms with Crippen LogP contribution < -0.4 is 0 Å². The van der Waals surface area contributed by atoms with Crippen LogP contribution in [0.3, 0.4) is 0 Å². The fourth-order valence-corrected chi connectivity index (χ4v) is 3.46. The molecule has 1 atom stereocenters. The van der Waals surface area contributed by atoms with Crippen LogP contribution in [0.15, 0.2) is 24.3 Å². The molecule has 1 unspecified atom stereocenters. The molecule has 1 heterocycles. The number of fused-ring (bicyclic) bond motifs is 1. The van der Waals surface area contributed by atoms with Crippen LogP contribution in [0.1, 0.15) is 36.3 Å². The second-order valence-electron chi connectivity index (χ2n) is 5.94. The highest BCUT2D eigenvalue weighted by Crippen LogP contribution is 2.36. The van der Waals surface area contributed by atoms with Crippen molar-refractivity contribution in [1.29, 1.82) is 0 Å². The van der Waals surface area contributed by atoms with Gasteiger partial charge in [0.2, 0.25) is 0 Å². The first-order valence-electron chi connectivity index (χ1n) is 7.24. The van der Waals surface area contributed by atoms with Crippen LogP contribution in [-0.4, -0.2) is 35.6 Å². The van der Waals surface area contributed by atoms with Gasteiger partial charge < -0.3 is 10.0 Å². The quantitative estimate of drug-likeness (QED) is 0.903. The lowest BCUT2D eigenvalue weighted by Gasteiger charge is -2.38. The van der Waals surface area contributed by atoms with E-state index in [-0.39, 0.29) is 0 Å². The number of benzene rings is 1. The van der Waals surface area contributed by atoms with Gasteiger partial charge in [-0.1, -0.05) is 24.3 Å². The third-order valence-corrected chi connectivity index (χ3v) is 4.61. The number of carboxylic acid groups (broad SMARTS) is 1. The second-order valence-corrected chi connectivity index (χ2v) is 5.94. The highest BCUT2D eigenvalue weighted by atomic mass is 16.4. The fourth-order valence-electron chi connectivity index (χ4n) is 3.46. The molecule has 3 heteroatoms. The Morgan fingerprint density at radius 2 is 2.00 bits per heavy atom. The van der Waals surface area contributed by atoms with Gasteiger partial charge in [0.25, 0.3) is 0 Å². The van der Waals surface area contributed by atoms with Crippen molar-refractivity contribution in [1.82, 2.24) is 4.90 Å². The molecule has 0 saturated carbocycles. The van der Waals surface area contributed by atoms with Crippen molar-refractivity contribution >= 4 is 5.97 Å². The molecule has 3 rings (SSSR count). The summed E-state index contributed by atoms with van der Waals surface area (Å²) in [6, 6.07) is 8.72. The van der Waals surface area contributed by atoms with E-state index in [2.05, 4.69) is 29.2 Å². The van der Waals surface area contributed by atoms with E-state index in [1.165, 1.54) is 17.5 Å². The van der Waals surface area contributed by atoms with Crippen LogP contribution in [-0.2, 0) is 11.2 Å². The largest absolute Gasteiger partial charge is 0.481 e. The van der Waals surface area contributed by atoms with Gasteiger partial charge in [0.1, 0.15) is 0 Å². The minimum atomic E-state index is -0.647. The lowest BCUT2D eigenvalue weighted by atomic mass is 9.77. The van der Waals surface area contributed by atoms with E-state index in [9.17, 15) is 4.79 Å². The molecule has 1 fully saturated rings. The number of nitrogens with zero attached hydrogens (tertiary/aromatic N) is 1. The first kappa shape index (κ1) is 12.7. The standard InChI is InChI=1S/C16H21NO2/c18-16(19)9-12-5-7-17(8-6-12)11-14-10-13-3-1-2-4-15(13)14/h1-4,12,14H,5-11H2,(H,18,19). The number of carbonyl (C=O) groups is 1. The number of likely N-dealkylation sites (tertiary alicyclic amines) is 1. The van der Waals surface area contributed by atoms with Crippen molar-refractivity contribution in [2.45, 2.75) is 31.6 Å². The molecule has 0 amide bonds. The molecule has 0 bridgehead atoms. The first-order chi connectivity index (χ1) is 9.22. The van der Waals surface area contributed by atoms with Crippen molar-refractivity contribution in [2.24, 2.45) is 5.92 Å². The molecule has 0 radical (unpaired) electrons. The molecule has 102 valence electrons. The van der Waals surface area contributed by atoms with Gasteiger partial charge in [-0.2, -0.15) is 0 Å². The molecule has 3 nitrogen and oxygen atoms in total. The van der Waals surface area contributed by atoms with Gasteiger partial charge >= 0.3 is 5.97 Å². The predicted octanol–water partition coefficient (Wildman–Crippen LogP) is 2.51. The maximum Gasteiger partial charge on any atom is 0.303 e. The Labute approximate surface area is 114 Å². The Bertz CT molecular complexity index is 464. The van der Waals surface area contributed by atoms with Crippen molar-refractivity contribution in [2.75, 3.05) is 19.6 Å². The third-order valence-electron chi connectivity index (χ3n) is 4.61. The van der Waals surface area contributed by atoms with E-state index in [0.29, 0.717) is 18.3 Å². The minimum absolute atomic E-state index is 0.347. The molecule has 2 aliphatic rings. The zero-order valence-electron chi connectivity index (χ0n) is 11.2. The Balaban J connectivity index is 1.48. The molecule has 0 spiro atoms. The van der Waals surface area contributed by atoms with Gasteiger partial charge in [0.05, 0.1) is 0 Å². The summed E-state index contributed by atoms with van der Waals surface area (Å²) < 4.78 is 0. The van der Waals surface area contributed by atoms with E-state index < -0.39 is 5.97 Å². The normalized spacial score (nSPS) is 23.7. The number of aliphatic carboxylic acids is 1. The molecular weight excluding hydrogens is 238 g/mol. The lowest BCUT2D eigenvalue weighted by Crippen LogP contribution is -2.39. The molecule has 1 saturated heterocycles. The maximum atomic E-state index is 10.7. The van der Waals surface area contributed by atoms with Crippen molar-refractivity contribution in [3.05, 3.63) is 35.4 Å². The summed E-state index contributed by atoms with van der Waals surface area (Å²) in [4.78, 5) is 13.2. The van der Waals surface area contributed by atoms with E-state index in [4.69, 9.17) is 5.11 Å². The summed E-state index contributed by atoms with van der Waals surface area (Å²) >= 11 is 0. The van der Waals surface area contributed by atoms with Crippen molar-refractivity contribution in [3.63, 3.8) is 0 Å². The summed E-state index contributed by atoms with van der Waals surface area (Å²) in [7, 11) is 0. The smallest absolute Gasteiger partial charge is 0.303 e. The Morgan fingerprint density at radius 1 is 1.26 bits per heavy atom. The van der Waals surface area contributed by atoms with E-state index >= 15 is 0 Å². The van der Waals surface area contributed by atoms with Crippen LogP contribution >= 0.6 is 0 Å². The van der Waals surface area contributed by atoms with Crippen molar-refractivity contribution < 1.29 is 9.90 Å². The summed E-state index contributed by atoms with van der Waals surface area (Å²) in [5.41, 5.74) is 3.03.